The average molecular weight is 285 g/mol. The number of likely N-dealkylation sites (N-methyl/N-ethyl adjacent to an activating group) is 1. The molecule has 0 fully saturated rings. The molecule has 0 aliphatic rings. The minimum atomic E-state index is 0.645. The van der Waals surface area contributed by atoms with Crippen molar-refractivity contribution in [2.45, 2.75) is 20.8 Å². The molecule has 0 aliphatic carbocycles. The topological polar surface area (TPSA) is 38.2 Å². The molecule has 0 aliphatic heterocycles. The first kappa shape index (κ1) is 15.4. The van der Waals surface area contributed by atoms with Gasteiger partial charge in [0.15, 0.2) is 5.82 Å². The molecule has 21 heavy (non-hydrogen) atoms. The lowest BCUT2D eigenvalue weighted by atomic mass is 10.2. The number of aryl methyl sites for hydroxylation is 1. The molecule has 0 saturated heterocycles. The molecule has 112 valence electrons. The maximum Gasteiger partial charge on any atom is 0.217 e. The Kier molecular flexibility index (Phi) is 5.69. The summed E-state index contributed by atoms with van der Waals surface area (Å²) in [5, 5.41) is 0. The highest BCUT2D eigenvalue weighted by molar-refractivity contribution is 5.55. The van der Waals surface area contributed by atoms with Crippen molar-refractivity contribution in [1.82, 2.24) is 14.9 Å². The smallest absolute Gasteiger partial charge is 0.217 e. The van der Waals surface area contributed by atoms with Crippen molar-refractivity contribution < 1.29 is 4.74 Å². The van der Waals surface area contributed by atoms with Gasteiger partial charge >= 0.3 is 0 Å². The van der Waals surface area contributed by atoms with Gasteiger partial charge in [0.25, 0.3) is 0 Å². The SMILES string of the molecule is CCN(CC)CCOc1cc(C)nc(-c2ccccc2)n1. The van der Waals surface area contributed by atoms with Crippen LogP contribution in [0.5, 0.6) is 5.88 Å². The lowest BCUT2D eigenvalue weighted by Crippen LogP contribution is -2.28. The molecule has 2 rings (SSSR count). The Morgan fingerprint density at radius 1 is 1.05 bits per heavy atom. The second-order valence-electron chi connectivity index (χ2n) is 4.91. The number of aromatic nitrogens is 2. The van der Waals surface area contributed by atoms with E-state index in [0.29, 0.717) is 18.3 Å². The normalized spacial score (nSPS) is 10.9. The zero-order valence-corrected chi connectivity index (χ0v) is 13.0. The summed E-state index contributed by atoms with van der Waals surface area (Å²) in [7, 11) is 0. The van der Waals surface area contributed by atoms with Crippen molar-refractivity contribution in [2.24, 2.45) is 0 Å². The highest BCUT2D eigenvalue weighted by Gasteiger charge is 2.06. The first-order chi connectivity index (χ1) is 10.2. The highest BCUT2D eigenvalue weighted by Crippen LogP contribution is 2.18. The van der Waals surface area contributed by atoms with E-state index in [0.717, 1.165) is 30.9 Å². The van der Waals surface area contributed by atoms with Crippen molar-refractivity contribution in [2.75, 3.05) is 26.2 Å². The molecule has 0 unspecified atom stereocenters. The molecule has 1 heterocycles. The molecule has 0 atom stereocenters. The number of rotatable bonds is 7. The van der Waals surface area contributed by atoms with Gasteiger partial charge in [-0.3, -0.25) is 0 Å². The minimum absolute atomic E-state index is 0.645. The van der Waals surface area contributed by atoms with E-state index in [1.165, 1.54) is 0 Å². The van der Waals surface area contributed by atoms with E-state index in [1.807, 2.05) is 43.3 Å². The Labute approximate surface area is 126 Å². The number of nitrogens with zero attached hydrogens (tertiary/aromatic N) is 3. The molecule has 0 saturated carbocycles. The number of benzene rings is 1. The fourth-order valence-electron chi connectivity index (χ4n) is 2.15. The standard InChI is InChI=1S/C17H23N3O/c1-4-20(5-2)11-12-21-16-13-14(3)18-17(19-16)15-9-7-6-8-10-15/h6-10,13H,4-5,11-12H2,1-3H3. The van der Waals surface area contributed by atoms with E-state index >= 15 is 0 Å². The molecule has 0 spiro atoms. The molecule has 1 aromatic carbocycles. The summed E-state index contributed by atoms with van der Waals surface area (Å²) in [4.78, 5) is 11.3. The molecule has 0 amide bonds. The summed E-state index contributed by atoms with van der Waals surface area (Å²) in [6.07, 6.45) is 0. The molecule has 4 heteroatoms. The molecule has 1 aromatic heterocycles. The Bertz CT molecular complexity index is 553. The van der Waals surface area contributed by atoms with E-state index < -0.39 is 0 Å². The molecular formula is C17H23N3O. The maximum absolute atomic E-state index is 5.79. The Morgan fingerprint density at radius 2 is 1.76 bits per heavy atom. The maximum atomic E-state index is 5.79. The number of hydrogen-bond acceptors (Lipinski definition) is 4. The van der Waals surface area contributed by atoms with Crippen molar-refractivity contribution in [3.05, 3.63) is 42.1 Å². The summed E-state index contributed by atoms with van der Waals surface area (Å²) in [6.45, 7) is 9.92. The van der Waals surface area contributed by atoms with Gasteiger partial charge in [0.1, 0.15) is 6.61 Å². The zero-order valence-electron chi connectivity index (χ0n) is 13.0. The highest BCUT2D eigenvalue weighted by atomic mass is 16.5. The predicted octanol–water partition coefficient (Wildman–Crippen LogP) is 3.17. The zero-order chi connectivity index (χ0) is 15.1. The van der Waals surface area contributed by atoms with Crippen molar-refractivity contribution in [3.8, 4) is 17.3 Å². The van der Waals surface area contributed by atoms with Crippen LogP contribution in [0.25, 0.3) is 11.4 Å². The third-order valence-corrected chi connectivity index (χ3v) is 3.41. The first-order valence-electron chi connectivity index (χ1n) is 7.49. The Hall–Kier alpha value is -1.94. The van der Waals surface area contributed by atoms with Crippen LogP contribution in [0, 0.1) is 6.92 Å². The molecule has 0 radical (unpaired) electrons. The van der Waals surface area contributed by atoms with Gasteiger partial charge in [0.05, 0.1) is 0 Å². The van der Waals surface area contributed by atoms with Crippen LogP contribution in [0.3, 0.4) is 0 Å². The monoisotopic (exact) mass is 285 g/mol. The molecular weight excluding hydrogens is 262 g/mol. The van der Waals surface area contributed by atoms with Gasteiger partial charge in [-0.1, -0.05) is 44.2 Å². The predicted molar refractivity (Wildman–Crippen MR) is 85.5 cm³/mol. The molecule has 4 nitrogen and oxygen atoms in total. The Morgan fingerprint density at radius 3 is 2.43 bits per heavy atom. The molecule has 0 N–H and O–H groups in total. The second kappa shape index (κ2) is 7.74. The summed E-state index contributed by atoms with van der Waals surface area (Å²) >= 11 is 0. The van der Waals surface area contributed by atoms with Crippen molar-refractivity contribution in [3.63, 3.8) is 0 Å². The van der Waals surface area contributed by atoms with Gasteiger partial charge in [0.2, 0.25) is 5.88 Å². The molecule has 2 aromatic rings. The van der Waals surface area contributed by atoms with Gasteiger partial charge in [0, 0.05) is 23.9 Å². The van der Waals surface area contributed by atoms with E-state index in [-0.39, 0.29) is 0 Å². The van der Waals surface area contributed by atoms with Crippen molar-refractivity contribution in [1.29, 1.82) is 0 Å². The van der Waals surface area contributed by atoms with Crippen LogP contribution in [-0.2, 0) is 0 Å². The van der Waals surface area contributed by atoms with Crippen LogP contribution in [-0.4, -0.2) is 41.1 Å². The lowest BCUT2D eigenvalue weighted by molar-refractivity contribution is 0.218. The summed E-state index contributed by atoms with van der Waals surface area (Å²) in [5.41, 5.74) is 1.93. The summed E-state index contributed by atoms with van der Waals surface area (Å²) < 4.78 is 5.79. The fourth-order valence-corrected chi connectivity index (χ4v) is 2.15. The van der Waals surface area contributed by atoms with Crippen molar-refractivity contribution >= 4 is 0 Å². The van der Waals surface area contributed by atoms with Crippen LogP contribution >= 0.6 is 0 Å². The van der Waals surface area contributed by atoms with Gasteiger partial charge < -0.3 is 9.64 Å². The summed E-state index contributed by atoms with van der Waals surface area (Å²) in [5.74, 6) is 1.36. The third kappa shape index (κ3) is 4.53. The van der Waals surface area contributed by atoms with Crippen LogP contribution in [0.2, 0.25) is 0 Å². The van der Waals surface area contributed by atoms with Crippen LogP contribution in [0.1, 0.15) is 19.5 Å². The van der Waals surface area contributed by atoms with Gasteiger partial charge in [-0.15, -0.1) is 0 Å². The van der Waals surface area contributed by atoms with Gasteiger partial charge in [-0.2, -0.15) is 4.98 Å². The summed E-state index contributed by atoms with van der Waals surface area (Å²) in [6, 6.07) is 11.9. The minimum Gasteiger partial charge on any atom is -0.476 e. The first-order valence-corrected chi connectivity index (χ1v) is 7.49. The largest absolute Gasteiger partial charge is 0.476 e. The van der Waals surface area contributed by atoms with E-state index in [9.17, 15) is 0 Å². The number of hydrogen-bond donors (Lipinski definition) is 0. The average Bonchev–Trinajstić information content (AvgIpc) is 2.52. The van der Waals surface area contributed by atoms with E-state index in [1.54, 1.807) is 0 Å². The molecule has 0 bridgehead atoms. The number of ether oxygens (including phenoxy) is 1. The van der Waals surface area contributed by atoms with Gasteiger partial charge in [-0.05, 0) is 20.0 Å². The quantitative estimate of drug-likeness (QED) is 0.783. The van der Waals surface area contributed by atoms with E-state index in [4.69, 9.17) is 4.74 Å². The van der Waals surface area contributed by atoms with Crippen LogP contribution in [0.4, 0.5) is 0 Å². The fraction of sp³-hybridized carbons (Fsp3) is 0.412. The van der Waals surface area contributed by atoms with Crippen LogP contribution in [0.15, 0.2) is 36.4 Å². The second-order valence-corrected chi connectivity index (χ2v) is 4.91. The van der Waals surface area contributed by atoms with E-state index in [2.05, 4.69) is 28.7 Å². The Balaban J connectivity index is 2.06. The van der Waals surface area contributed by atoms with Crippen LogP contribution < -0.4 is 4.74 Å². The lowest BCUT2D eigenvalue weighted by Gasteiger charge is -2.17. The van der Waals surface area contributed by atoms with Gasteiger partial charge in [-0.25, -0.2) is 4.98 Å². The third-order valence-electron chi connectivity index (χ3n) is 3.41.